The topological polar surface area (TPSA) is 64.3 Å². The van der Waals surface area contributed by atoms with Crippen LogP contribution in [0.25, 0.3) is 0 Å². The third kappa shape index (κ3) is 3.80. The third-order valence-corrected chi connectivity index (χ3v) is 3.33. The SMILES string of the molecule is CCOC(=O)c1ccc(N)c(Nc2cc(Cl)ccc2Cl)c1. The fourth-order valence-electron chi connectivity index (χ4n) is 1.74. The molecule has 0 amide bonds. The summed E-state index contributed by atoms with van der Waals surface area (Å²) in [5, 5.41) is 4.11. The van der Waals surface area contributed by atoms with Crippen LogP contribution in [0.1, 0.15) is 17.3 Å². The van der Waals surface area contributed by atoms with E-state index in [1.807, 2.05) is 0 Å². The summed E-state index contributed by atoms with van der Waals surface area (Å²) in [6.07, 6.45) is 0. The Morgan fingerprint density at radius 3 is 2.67 bits per heavy atom. The Morgan fingerprint density at radius 1 is 1.19 bits per heavy atom. The number of hydrogen-bond acceptors (Lipinski definition) is 4. The molecular formula is C15H14Cl2N2O2. The highest BCUT2D eigenvalue weighted by Gasteiger charge is 2.10. The quantitative estimate of drug-likeness (QED) is 0.642. The molecule has 0 radical (unpaired) electrons. The van der Waals surface area contributed by atoms with E-state index in [1.165, 1.54) is 0 Å². The summed E-state index contributed by atoms with van der Waals surface area (Å²) in [5.41, 5.74) is 7.97. The first-order chi connectivity index (χ1) is 10.0. The van der Waals surface area contributed by atoms with Gasteiger partial charge in [-0.05, 0) is 43.3 Å². The number of nitrogens with one attached hydrogen (secondary N) is 1. The maximum Gasteiger partial charge on any atom is 0.338 e. The van der Waals surface area contributed by atoms with E-state index in [9.17, 15) is 4.79 Å². The molecule has 110 valence electrons. The van der Waals surface area contributed by atoms with E-state index in [0.717, 1.165) is 0 Å². The lowest BCUT2D eigenvalue weighted by molar-refractivity contribution is 0.0526. The summed E-state index contributed by atoms with van der Waals surface area (Å²) >= 11 is 12.0. The van der Waals surface area contributed by atoms with Crippen molar-refractivity contribution in [3.63, 3.8) is 0 Å². The Kier molecular flexibility index (Phi) is 4.94. The largest absolute Gasteiger partial charge is 0.462 e. The van der Waals surface area contributed by atoms with Crippen LogP contribution in [0.4, 0.5) is 17.1 Å². The van der Waals surface area contributed by atoms with Gasteiger partial charge >= 0.3 is 5.97 Å². The van der Waals surface area contributed by atoms with Gasteiger partial charge in [0.15, 0.2) is 0 Å². The number of ether oxygens (including phenoxy) is 1. The monoisotopic (exact) mass is 324 g/mol. The Morgan fingerprint density at radius 2 is 1.95 bits per heavy atom. The summed E-state index contributed by atoms with van der Waals surface area (Å²) in [6.45, 7) is 2.06. The second-order valence-corrected chi connectivity index (χ2v) is 5.12. The van der Waals surface area contributed by atoms with Crippen LogP contribution in [0, 0.1) is 0 Å². The number of halogens is 2. The Hall–Kier alpha value is -1.91. The van der Waals surface area contributed by atoms with Gasteiger partial charge in [-0.2, -0.15) is 0 Å². The summed E-state index contributed by atoms with van der Waals surface area (Å²) in [5.74, 6) is -0.405. The molecule has 2 aromatic rings. The van der Waals surface area contributed by atoms with Crippen LogP contribution in [0.15, 0.2) is 36.4 Å². The average molecular weight is 325 g/mol. The van der Waals surface area contributed by atoms with Crippen LogP contribution in [0.2, 0.25) is 10.0 Å². The minimum Gasteiger partial charge on any atom is -0.462 e. The predicted molar refractivity (Wildman–Crippen MR) is 86.6 cm³/mol. The van der Waals surface area contributed by atoms with Gasteiger partial charge in [-0.15, -0.1) is 0 Å². The van der Waals surface area contributed by atoms with E-state index >= 15 is 0 Å². The Balaban J connectivity index is 2.33. The molecule has 2 aromatic carbocycles. The third-order valence-electron chi connectivity index (χ3n) is 2.76. The summed E-state index contributed by atoms with van der Waals surface area (Å²) in [6, 6.07) is 9.90. The molecule has 0 aliphatic heterocycles. The molecule has 0 bridgehead atoms. The molecule has 0 saturated heterocycles. The first kappa shape index (κ1) is 15.5. The summed E-state index contributed by atoms with van der Waals surface area (Å²) in [4.78, 5) is 11.7. The predicted octanol–water partition coefficient (Wildman–Crippen LogP) is 4.50. The molecule has 0 heterocycles. The second kappa shape index (κ2) is 6.70. The van der Waals surface area contributed by atoms with Gasteiger partial charge in [-0.1, -0.05) is 23.2 Å². The number of nitrogen functional groups attached to an aromatic ring is 1. The Labute approximate surface area is 132 Å². The molecule has 4 nitrogen and oxygen atoms in total. The van der Waals surface area contributed by atoms with Crippen LogP contribution in [0.5, 0.6) is 0 Å². The second-order valence-electron chi connectivity index (χ2n) is 4.27. The van der Waals surface area contributed by atoms with Crippen LogP contribution >= 0.6 is 23.2 Å². The van der Waals surface area contributed by atoms with E-state index in [4.69, 9.17) is 33.7 Å². The van der Waals surface area contributed by atoms with Gasteiger partial charge in [-0.3, -0.25) is 0 Å². The number of hydrogen-bond donors (Lipinski definition) is 2. The molecule has 0 spiro atoms. The lowest BCUT2D eigenvalue weighted by Gasteiger charge is -2.12. The van der Waals surface area contributed by atoms with Gasteiger partial charge in [0.1, 0.15) is 0 Å². The molecule has 0 saturated carbocycles. The van der Waals surface area contributed by atoms with Crippen molar-refractivity contribution in [2.45, 2.75) is 6.92 Å². The normalized spacial score (nSPS) is 10.2. The molecule has 2 rings (SSSR count). The highest BCUT2D eigenvalue weighted by atomic mass is 35.5. The van der Waals surface area contributed by atoms with Gasteiger partial charge < -0.3 is 15.8 Å². The highest BCUT2D eigenvalue weighted by Crippen LogP contribution is 2.31. The van der Waals surface area contributed by atoms with Crippen molar-refractivity contribution >= 4 is 46.2 Å². The lowest BCUT2D eigenvalue weighted by Crippen LogP contribution is -2.06. The number of nitrogens with two attached hydrogens (primary N) is 1. The zero-order valence-electron chi connectivity index (χ0n) is 11.3. The van der Waals surface area contributed by atoms with Crippen LogP contribution in [0.3, 0.4) is 0 Å². The van der Waals surface area contributed by atoms with Crippen LogP contribution in [-0.2, 0) is 4.74 Å². The smallest absolute Gasteiger partial charge is 0.338 e. The molecule has 21 heavy (non-hydrogen) atoms. The molecule has 0 aromatic heterocycles. The fourth-order valence-corrected chi connectivity index (χ4v) is 2.08. The first-order valence-electron chi connectivity index (χ1n) is 6.30. The van der Waals surface area contributed by atoms with Gasteiger partial charge in [-0.25, -0.2) is 4.79 Å². The molecular weight excluding hydrogens is 311 g/mol. The summed E-state index contributed by atoms with van der Waals surface area (Å²) < 4.78 is 4.96. The van der Waals surface area contributed by atoms with E-state index < -0.39 is 5.97 Å². The maximum absolute atomic E-state index is 11.7. The van der Waals surface area contributed by atoms with Gasteiger partial charge in [0.25, 0.3) is 0 Å². The van der Waals surface area contributed by atoms with Gasteiger partial charge in [0.05, 0.1) is 34.3 Å². The zero-order chi connectivity index (χ0) is 15.4. The van der Waals surface area contributed by atoms with E-state index in [-0.39, 0.29) is 0 Å². The van der Waals surface area contributed by atoms with Gasteiger partial charge in [0.2, 0.25) is 0 Å². The average Bonchev–Trinajstić information content (AvgIpc) is 2.45. The minimum atomic E-state index is -0.405. The van der Waals surface area contributed by atoms with Crippen LogP contribution < -0.4 is 11.1 Å². The van der Waals surface area contributed by atoms with Crippen LogP contribution in [-0.4, -0.2) is 12.6 Å². The number of carbonyl (C=O) groups excluding carboxylic acids is 1. The lowest BCUT2D eigenvalue weighted by atomic mass is 10.1. The number of anilines is 3. The van der Waals surface area contributed by atoms with Crippen molar-refractivity contribution in [1.82, 2.24) is 0 Å². The molecule has 0 fully saturated rings. The van der Waals surface area contributed by atoms with Crippen molar-refractivity contribution in [1.29, 1.82) is 0 Å². The van der Waals surface area contributed by atoms with E-state index in [0.29, 0.717) is 39.3 Å². The zero-order valence-corrected chi connectivity index (χ0v) is 12.8. The van der Waals surface area contributed by atoms with Gasteiger partial charge in [0, 0.05) is 5.02 Å². The van der Waals surface area contributed by atoms with E-state index in [2.05, 4.69) is 5.32 Å². The molecule has 0 unspecified atom stereocenters. The molecule has 6 heteroatoms. The minimum absolute atomic E-state index is 0.312. The molecule has 3 N–H and O–H groups in total. The number of carbonyl (C=O) groups is 1. The van der Waals surface area contributed by atoms with Crippen molar-refractivity contribution in [3.05, 3.63) is 52.0 Å². The highest BCUT2D eigenvalue weighted by molar-refractivity contribution is 6.35. The fraction of sp³-hybridized carbons (Fsp3) is 0.133. The maximum atomic E-state index is 11.7. The Bertz CT molecular complexity index is 675. The van der Waals surface area contributed by atoms with E-state index in [1.54, 1.807) is 43.3 Å². The summed E-state index contributed by atoms with van der Waals surface area (Å²) in [7, 11) is 0. The molecule has 0 aliphatic rings. The number of benzene rings is 2. The standard InChI is InChI=1S/C15H14Cl2N2O2/c1-2-21-15(20)9-3-6-12(18)14(7-9)19-13-8-10(16)4-5-11(13)17/h3-8,19H,2,18H2,1H3. The van der Waals surface area contributed by atoms with Crippen molar-refractivity contribution in [2.24, 2.45) is 0 Å². The molecule has 0 atom stereocenters. The van der Waals surface area contributed by atoms with Crippen molar-refractivity contribution in [3.8, 4) is 0 Å². The van der Waals surface area contributed by atoms with Crippen molar-refractivity contribution in [2.75, 3.05) is 17.7 Å². The number of esters is 1. The number of rotatable bonds is 4. The first-order valence-corrected chi connectivity index (χ1v) is 7.05. The molecule has 0 aliphatic carbocycles. The van der Waals surface area contributed by atoms with Crippen molar-refractivity contribution < 1.29 is 9.53 Å².